The van der Waals surface area contributed by atoms with E-state index in [1.165, 1.54) is 12.1 Å². The maximum absolute atomic E-state index is 12.9. The molecule has 0 saturated carbocycles. The third-order valence-electron chi connectivity index (χ3n) is 8.10. The normalized spacial score (nSPS) is 17.2. The smallest absolute Gasteiger partial charge is 0.373 e. The van der Waals surface area contributed by atoms with E-state index >= 15 is 0 Å². The van der Waals surface area contributed by atoms with Gasteiger partial charge in [-0.15, -0.1) is 0 Å². The summed E-state index contributed by atoms with van der Waals surface area (Å²) in [6.07, 6.45) is -4.72. The Bertz CT molecular complexity index is 1140. The predicted octanol–water partition coefficient (Wildman–Crippen LogP) is 7.00. The molecule has 0 radical (unpaired) electrons. The van der Waals surface area contributed by atoms with Crippen molar-refractivity contribution in [2.24, 2.45) is 0 Å². The summed E-state index contributed by atoms with van der Waals surface area (Å²) >= 11 is 0. The first-order chi connectivity index (χ1) is 20.9. The molecule has 2 aliphatic rings. The topological polar surface area (TPSA) is 59.1 Å². The molecule has 0 spiro atoms. The summed E-state index contributed by atoms with van der Waals surface area (Å²) in [7, 11) is 0. The van der Waals surface area contributed by atoms with Gasteiger partial charge in [-0.05, 0) is 73.9 Å². The van der Waals surface area contributed by atoms with Gasteiger partial charge in [0.25, 0.3) is 0 Å². The zero-order valence-corrected chi connectivity index (χ0v) is 24.5. The van der Waals surface area contributed by atoms with E-state index in [0.717, 1.165) is 24.3 Å². The van der Waals surface area contributed by atoms with E-state index in [9.17, 15) is 35.9 Å². The largest absolute Gasteiger partial charge is 0.416 e. The number of carbonyl (C=O) groups is 2. The Balaban J connectivity index is 1.06. The number of amides is 2. The van der Waals surface area contributed by atoms with Crippen LogP contribution in [0.2, 0.25) is 0 Å². The Hall–Kier alpha value is -3.12. The van der Waals surface area contributed by atoms with Crippen molar-refractivity contribution in [3.05, 3.63) is 70.8 Å². The van der Waals surface area contributed by atoms with Crippen molar-refractivity contribution >= 4 is 11.8 Å². The maximum Gasteiger partial charge on any atom is 0.416 e. The average Bonchev–Trinajstić information content (AvgIpc) is 3.01. The van der Waals surface area contributed by atoms with Crippen LogP contribution in [0.3, 0.4) is 0 Å². The molecule has 0 aliphatic carbocycles. The SMILES string of the molecule is O=C(CCCCC(=O)N1CCC(OCc2cccc(C(F)(F)F)c2)CC1)N1CCC(OCc2cccc(C(F)(F)F)c2)CC1. The molecular formula is C32H38F6N2O4. The Morgan fingerprint density at radius 1 is 0.636 bits per heavy atom. The van der Waals surface area contributed by atoms with Gasteiger partial charge in [0.1, 0.15) is 0 Å². The lowest BCUT2D eigenvalue weighted by atomic mass is 10.1. The molecule has 2 amide bonds. The highest BCUT2D eigenvalue weighted by Crippen LogP contribution is 2.31. The number of benzene rings is 2. The summed E-state index contributed by atoms with van der Waals surface area (Å²) in [4.78, 5) is 28.8. The molecular weight excluding hydrogens is 590 g/mol. The fourth-order valence-corrected chi connectivity index (χ4v) is 5.52. The number of hydrogen-bond acceptors (Lipinski definition) is 4. The second-order valence-electron chi connectivity index (χ2n) is 11.4. The predicted molar refractivity (Wildman–Crippen MR) is 150 cm³/mol. The zero-order chi connectivity index (χ0) is 31.7. The van der Waals surface area contributed by atoms with Crippen molar-refractivity contribution in [3.63, 3.8) is 0 Å². The molecule has 4 rings (SSSR count). The Labute approximate surface area is 253 Å². The fraction of sp³-hybridized carbons (Fsp3) is 0.562. The molecule has 0 bridgehead atoms. The summed E-state index contributed by atoms with van der Waals surface area (Å²) in [5, 5.41) is 0. The summed E-state index contributed by atoms with van der Waals surface area (Å²) in [6, 6.07) is 10.2. The molecule has 0 aromatic heterocycles. The quantitative estimate of drug-likeness (QED) is 0.199. The first-order valence-electron chi connectivity index (χ1n) is 15.0. The van der Waals surface area contributed by atoms with E-state index in [-0.39, 0.29) is 37.2 Å². The van der Waals surface area contributed by atoms with Gasteiger partial charge >= 0.3 is 12.4 Å². The Morgan fingerprint density at radius 2 is 1.00 bits per heavy atom. The van der Waals surface area contributed by atoms with E-state index < -0.39 is 23.5 Å². The summed E-state index contributed by atoms with van der Waals surface area (Å²) in [6.45, 7) is 2.26. The second-order valence-corrected chi connectivity index (χ2v) is 11.4. The molecule has 44 heavy (non-hydrogen) atoms. The van der Waals surface area contributed by atoms with E-state index in [0.29, 0.717) is 88.7 Å². The van der Waals surface area contributed by atoms with E-state index in [4.69, 9.17) is 9.47 Å². The van der Waals surface area contributed by atoms with Crippen LogP contribution in [0.1, 0.15) is 73.6 Å². The lowest BCUT2D eigenvalue weighted by molar-refractivity contribution is -0.138. The third-order valence-corrected chi connectivity index (χ3v) is 8.10. The van der Waals surface area contributed by atoms with Gasteiger partial charge in [0.2, 0.25) is 11.8 Å². The van der Waals surface area contributed by atoms with E-state index in [1.54, 1.807) is 21.9 Å². The van der Waals surface area contributed by atoms with Crippen molar-refractivity contribution in [1.29, 1.82) is 0 Å². The maximum atomic E-state index is 12.9. The fourth-order valence-electron chi connectivity index (χ4n) is 5.52. The number of piperidine rings is 2. The number of likely N-dealkylation sites (tertiary alicyclic amines) is 2. The number of nitrogens with zero attached hydrogens (tertiary/aromatic N) is 2. The van der Waals surface area contributed by atoms with Crippen molar-refractivity contribution < 1.29 is 45.4 Å². The molecule has 2 saturated heterocycles. The van der Waals surface area contributed by atoms with Crippen LogP contribution in [0, 0.1) is 0 Å². The van der Waals surface area contributed by atoms with Crippen LogP contribution in [0.4, 0.5) is 26.3 Å². The van der Waals surface area contributed by atoms with Crippen molar-refractivity contribution in [2.45, 2.75) is 89.1 Å². The Morgan fingerprint density at radius 3 is 1.34 bits per heavy atom. The third kappa shape index (κ3) is 10.2. The minimum atomic E-state index is -4.40. The molecule has 6 nitrogen and oxygen atoms in total. The molecule has 242 valence electrons. The van der Waals surface area contributed by atoms with Crippen LogP contribution in [0.25, 0.3) is 0 Å². The van der Waals surface area contributed by atoms with E-state index in [2.05, 4.69) is 0 Å². The molecule has 0 unspecified atom stereocenters. The number of rotatable bonds is 11. The number of unbranched alkanes of at least 4 members (excludes halogenated alkanes) is 1. The van der Waals surface area contributed by atoms with Gasteiger partial charge in [0, 0.05) is 39.0 Å². The number of alkyl halides is 6. The summed E-state index contributed by atoms with van der Waals surface area (Å²) < 4.78 is 89.1. The first-order valence-corrected chi connectivity index (χ1v) is 15.0. The molecule has 2 heterocycles. The summed E-state index contributed by atoms with van der Waals surface area (Å²) in [5.74, 6) is 0.0417. The Kier molecular flexibility index (Phi) is 11.7. The number of carbonyl (C=O) groups excluding carboxylic acids is 2. The van der Waals surface area contributed by atoms with Crippen LogP contribution in [0.5, 0.6) is 0 Å². The van der Waals surface area contributed by atoms with Crippen molar-refractivity contribution in [3.8, 4) is 0 Å². The van der Waals surface area contributed by atoms with Gasteiger partial charge in [-0.1, -0.05) is 24.3 Å². The van der Waals surface area contributed by atoms with Crippen LogP contribution >= 0.6 is 0 Å². The van der Waals surface area contributed by atoms with Crippen LogP contribution in [-0.2, 0) is 44.6 Å². The minimum absolute atomic E-state index is 0.0208. The van der Waals surface area contributed by atoms with Gasteiger partial charge in [0.05, 0.1) is 36.5 Å². The highest BCUT2D eigenvalue weighted by atomic mass is 19.4. The molecule has 2 fully saturated rings. The lowest BCUT2D eigenvalue weighted by Gasteiger charge is -2.32. The van der Waals surface area contributed by atoms with Gasteiger partial charge in [-0.3, -0.25) is 9.59 Å². The van der Waals surface area contributed by atoms with Gasteiger partial charge < -0.3 is 19.3 Å². The van der Waals surface area contributed by atoms with Crippen LogP contribution < -0.4 is 0 Å². The molecule has 2 aromatic carbocycles. The highest BCUT2D eigenvalue weighted by molar-refractivity contribution is 5.77. The van der Waals surface area contributed by atoms with Crippen molar-refractivity contribution in [2.75, 3.05) is 26.2 Å². The average molecular weight is 629 g/mol. The van der Waals surface area contributed by atoms with E-state index in [1.807, 2.05) is 0 Å². The van der Waals surface area contributed by atoms with Crippen LogP contribution in [0.15, 0.2) is 48.5 Å². The monoisotopic (exact) mass is 628 g/mol. The standard InChI is InChI=1S/C32H38F6N2O4/c33-31(34,35)25-7-3-5-23(19-25)21-43-27-11-15-39(16-12-27)29(41)9-1-2-10-30(42)40-17-13-28(14-18-40)44-22-24-6-4-8-26(20-24)32(36,37)38/h3-8,19-20,27-28H,1-2,9-18,21-22H2. The molecule has 0 N–H and O–H groups in total. The zero-order valence-electron chi connectivity index (χ0n) is 24.5. The number of hydrogen-bond donors (Lipinski definition) is 0. The number of ether oxygens (including phenoxy) is 2. The van der Waals surface area contributed by atoms with Gasteiger partial charge in [0.15, 0.2) is 0 Å². The molecule has 12 heteroatoms. The van der Waals surface area contributed by atoms with Crippen LogP contribution in [-0.4, -0.2) is 60.0 Å². The lowest BCUT2D eigenvalue weighted by Crippen LogP contribution is -2.41. The first kappa shape index (κ1) is 33.8. The highest BCUT2D eigenvalue weighted by Gasteiger charge is 2.31. The molecule has 0 atom stereocenters. The van der Waals surface area contributed by atoms with Crippen molar-refractivity contribution in [1.82, 2.24) is 9.80 Å². The summed E-state index contributed by atoms with van der Waals surface area (Å²) in [5.41, 5.74) is -0.491. The second kappa shape index (κ2) is 15.2. The van der Waals surface area contributed by atoms with Gasteiger partial charge in [-0.2, -0.15) is 26.3 Å². The molecule has 2 aliphatic heterocycles. The molecule has 2 aromatic rings. The minimum Gasteiger partial charge on any atom is -0.373 e. The van der Waals surface area contributed by atoms with Gasteiger partial charge in [-0.25, -0.2) is 0 Å². The number of halogens is 6.